The number of thiophene rings is 1. The molecule has 1 heterocycles. The number of nitrogens with zero attached hydrogens (tertiary/aromatic N) is 1. The van der Waals surface area contributed by atoms with Crippen molar-refractivity contribution in [3.05, 3.63) is 199 Å². The van der Waals surface area contributed by atoms with Gasteiger partial charge in [-0.25, -0.2) is 0 Å². The summed E-state index contributed by atoms with van der Waals surface area (Å²) in [4.78, 5) is 2.43. The second-order valence-corrected chi connectivity index (χ2v) is 16.5. The second kappa shape index (κ2) is 12.3. The zero-order valence-electron chi connectivity index (χ0n) is 30.8. The molecule has 0 fully saturated rings. The highest BCUT2D eigenvalue weighted by Gasteiger charge is 2.35. The van der Waals surface area contributed by atoms with Crippen LogP contribution in [0.4, 0.5) is 17.1 Å². The molecule has 0 saturated carbocycles. The molecule has 0 radical (unpaired) electrons. The molecule has 0 N–H and O–H groups in total. The van der Waals surface area contributed by atoms with Crippen LogP contribution in [0.1, 0.15) is 25.0 Å². The minimum absolute atomic E-state index is 0.0975. The van der Waals surface area contributed by atoms with E-state index in [4.69, 9.17) is 0 Å². The summed E-state index contributed by atoms with van der Waals surface area (Å²) < 4.78 is 2.68. The van der Waals surface area contributed by atoms with Gasteiger partial charge in [0.05, 0.1) is 0 Å². The van der Waals surface area contributed by atoms with Crippen molar-refractivity contribution in [2.24, 2.45) is 0 Å². The van der Waals surface area contributed by atoms with Gasteiger partial charge in [0.1, 0.15) is 0 Å². The van der Waals surface area contributed by atoms with E-state index in [2.05, 4.69) is 207 Å². The monoisotopic (exact) mass is 719 g/mol. The predicted octanol–water partition coefficient (Wildman–Crippen LogP) is 15.5. The van der Waals surface area contributed by atoms with Crippen LogP contribution in [0.5, 0.6) is 0 Å². The van der Waals surface area contributed by atoms with Crippen LogP contribution in [0, 0.1) is 0 Å². The quantitative estimate of drug-likeness (QED) is 0.171. The fourth-order valence-corrected chi connectivity index (χ4v) is 10.2. The van der Waals surface area contributed by atoms with E-state index in [1.807, 2.05) is 11.3 Å². The number of hydrogen-bond acceptors (Lipinski definition) is 2. The fraction of sp³-hybridized carbons (Fsp3) is 0.0566. The lowest BCUT2D eigenvalue weighted by atomic mass is 9.82. The van der Waals surface area contributed by atoms with Crippen molar-refractivity contribution in [2.75, 3.05) is 4.90 Å². The van der Waals surface area contributed by atoms with Crippen molar-refractivity contribution in [1.29, 1.82) is 0 Å². The van der Waals surface area contributed by atoms with Gasteiger partial charge in [-0.1, -0.05) is 141 Å². The van der Waals surface area contributed by atoms with Crippen LogP contribution < -0.4 is 4.90 Å². The molecule has 0 aliphatic heterocycles. The highest BCUT2D eigenvalue weighted by Crippen LogP contribution is 2.51. The van der Waals surface area contributed by atoms with Crippen molar-refractivity contribution in [1.82, 2.24) is 0 Å². The van der Waals surface area contributed by atoms with Crippen LogP contribution in [-0.2, 0) is 5.41 Å². The van der Waals surface area contributed by atoms with Crippen LogP contribution in [-0.4, -0.2) is 0 Å². The summed E-state index contributed by atoms with van der Waals surface area (Å²) in [5.74, 6) is 0. The van der Waals surface area contributed by atoms with E-state index in [1.54, 1.807) is 0 Å². The van der Waals surface area contributed by atoms with Gasteiger partial charge in [0.25, 0.3) is 0 Å². The van der Waals surface area contributed by atoms with Gasteiger partial charge in [-0.15, -0.1) is 11.3 Å². The molecule has 1 nitrogen and oxygen atoms in total. The Labute approximate surface area is 325 Å². The molecule has 0 unspecified atom stereocenters. The van der Waals surface area contributed by atoms with Gasteiger partial charge in [0.15, 0.2) is 0 Å². The summed E-state index contributed by atoms with van der Waals surface area (Å²) in [6, 6.07) is 69.7. The van der Waals surface area contributed by atoms with E-state index >= 15 is 0 Å². The van der Waals surface area contributed by atoms with Crippen LogP contribution in [0.25, 0.3) is 75.1 Å². The SMILES string of the molecule is CC1(C)c2ccccc2-c2ccc(N(c3ccc(-c4ccc5cc6c(cc5c4)sc4ccccc46)cc3)c3cccc(-c4cccc5ccccc45)c3)cc21. The molecule has 55 heavy (non-hydrogen) atoms. The normalized spacial score (nSPS) is 13.1. The number of anilines is 3. The van der Waals surface area contributed by atoms with Crippen LogP contribution >= 0.6 is 11.3 Å². The number of hydrogen-bond donors (Lipinski definition) is 0. The zero-order chi connectivity index (χ0) is 36.7. The third-order valence-corrected chi connectivity index (χ3v) is 13.0. The predicted molar refractivity (Wildman–Crippen MR) is 237 cm³/mol. The molecule has 1 aromatic heterocycles. The minimum atomic E-state index is -0.0975. The summed E-state index contributed by atoms with van der Waals surface area (Å²) in [6.45, 7) is 4.72. The Morgan fingerprint density at radius 2 is 1.05 bits per heavy atom. The fourth-order valence-electron chi connectivity index (χ4n) is 9.02. The lowest BCUT2D eigenvalue weighted by Gasteiger charge is -2.28. The molecule has 0 amide bonds. The largest absolute Gasteiger partial charge is 0.310 e. The van der Waals surface area contributed by atoms with E-state index in [9.17, 15) is 0 Å². The van der Waals surface area contributed by atoms with Crippen molar-refractivity contribution in [3.8, 4) is 33.4 Å². The van der Waals surface area contributed by atoms with Gasteiger partial charge >= 0.3 is 0 Å². The molecule has 11 rings (SSSR count). The third kappa shape index (κ3) is 5.13. The van der Waals surface area contributed by atoms with Crippen molar-refractivity contribution in [2.45, 2.75) is 19.3 Å². The minimum Gasteiger partial charge on any atom is -0.310 e. The molecule has 2 heteroatoms. The molecule has 1 aliphatic rings. The first-order valence-corrected chi connectivity index (χ1v) is 19.9. The van der Waals surface area contributed by atoms with Gasteiger partial charge in [-0.2, -0.15) is 0 Å². The Morgan fingerprint density at radius 3 is 1.96 bits per heavy atom. The molecule has 0 atom stereocenters. The maximum absolute atomic E-state index is 2.43. The molecule has 10 aromatic rings. The Bertz CT molecular complexity index is 3120. The molecular formula is C53H37NS. The third-order valence-electron chi connectivity index (χ3n) is 11.8. The van der Waals surface area contributed by atoms with Gasteiger partial charge in [0, 0.05) is 42.6 Å². The van der Waals surface area contributed by atoms with Gasteiger partial charge in [0.2, 0.25) is 0 Å². The molecule has 0 saturated heterocycles. The molecule has 1 aliphatic carbocycles. The van der Waals surface area contributed by atoms with E-state index < -0.39 is 0 Å². The molecule has 0 bridgehead atoms. The van der Waals surface area contributed by atoms with Crippen LogP contribution in [0.3, 0.4) is 0 Å². The Balaban J connectivity index is 1.03. The summed E-state index contributed by atoms with van der Waals surface area (Å²) in [7, 11) is 0. The first-order valence-electron chi connectivity index (χ1n) is 19.1. The topological polar surface area (TPSA) is 3.24 Å². The first-order chi connectivity index (χ1) is 27.0. The standard InChI is InChI=1S/C53H37NS/c1-53(2)49-19-7-5-16-45(49)46-28-27-42(33-50(46)53)54(41-14-9-13-38(30-41)44-18-10-12-35-11-3-4-15-43(35)44)40-25-23-34(24-26-40)36-21-22-37-31-48-47-17-6-8-20-51(47)55-52(48)32-39(37)29-36/h3-33H,1-2H3. The van der Waals surface area contributed by atoms with Crippen molar-refractivity contribution >= 4 is 70.1 Å². The highest BCUT2D eigenvalue weighted by atomic mass is 32.1. The second-order valence-electron chi connectivity index (χ2n) is 15.4. The van der Waals surface area contributed by atoms with E-state index in [0.29, 0.717) is 0 Å². The lowest BCUT2D eigenvalue weighted by Crippen LogP contribution is -2.16. The Morgan fingerprint density at radius 1 is 0.364 bits per heavy atom. The maximum atomic E-state index is 2.43. The summed E-state index contributed by atoms with van der Waals surface area (Å²) in [6.07, 6.45) is 0. The first kappa shape index (κ1) is 32.0. The van der Waals surface area contributed by atoms with Gasteiger partial charge in [-0.05, 0) is 127 Å². The van der Waals surface area contributed by atoms with E-state index in [0.717, 1.165) is 17.1 Å². The van der Waals surface area contributed by atoms with Gasteiger partial charge < -0.3 is 4.90 Å². The summed E-state index contributed by atoms with van der Waals surface area (Å²) in [5, 5.41) is 7.74. The summed E-state index contributed by atoms with van der Waals surface area (Å²) in [5.41, 5.74) is 13.6. The van der Waals surface area contributed by atoms with Gasteiger partial charge in [-0.3, -0.25) is 0 Å². The number of rotatable bonds is 5. The molecule has 9 aromatic carbocycles. The van der Waals surface area contributed by atoms with E-state index in [-0.39, 0.29) is 5.41 Å². The molecular weight excluding hydrogens is 683 g/mol. The molecule has 260 valence electrons. The molecule has 0 spiro atoms. The number of benzene rings is 9. The smallest absolute Gasteiger partial charge is 0.0467 e. The highest BCUT2D eigenvalue weighted by molar-refractivity contribution is 7.25. The summed E-state index contributed by atoms with van der Waals surface area (Å²) >= 11 is 1.88. The Kier molecular flexibility index (Phi) is 7.14. The van der Waals surface area contributed by atoms with Crippen molar-refractivity contribution < 1.29 is 0 Å². The maximum Gasteiger partial charge on any atom is 0.0467 e. The van der Waals surface area contributed by atoms with Crippen LogP contribution in [0.2, 0.25) is 0 Å². The van der Waals surface area contributed by atoms with Crippen LogP contribution in [0.15, 0.2) is 188 Å². The zero-order valence-corrected chi connectivity index (χ0v) is 31.6. The van der Waals surface area contributed by atoms with E-state index in [1.165, 1.54) is 86.2 Å². The Hall–Kier alpha value is -6.48. The average molecular weight is 720 g/mol. The van der Waals surface area contributed by atoms with Crippen molar-refractivity contribution in [3.63, 3.8) is 0 Å². The number of fused-ring (bicyclic) bond motifs is 8. The average Bonchev–Trinajstić information content (AvgIpc) is 3.70. The lowest BCUT2D eigenvalue weighted by molar-refractivity contribution is 0.660.